The number of hydrogen-bond donors (Lipinski definition) is 2. The maximum absolute atomic E-state index is 12.4. The number of carbonyl (C=O) groups excluding carboxylic acids is 2. The van der Waals surface area contributed by atoms with Gasteiger partial charge in [0.05, 0.1) is 10.0 Å². The van der Waals surface area contributed by atoms with Gasteiger partial charge in [0.15, 0.2) is 6.10 Å². The maximum Gasteiger partial charge on any atom is 0.265 e. The molecule has 0 radical (unpaired) electrons. The molecule has 8 heteroatoms. The van der Waals surface area contributed by atoms with E-state index in [1.165, 1.54) is 0 Å². The van der Waals surface area contributed by atoms with Gasteiger partial charge in [-0.15, -0.1) is 0 Å². The van der Waals surface area contributed by atoms with Gasteiger partial charge in [-0.05, 0) is 49.4 Å². The molecule has 0 unspecified atom stereocenters. The van der Waals surface area contributed by atoms with Crippen LogP contribution in [0.3, 0.4) is 0 Å². The van der Waals surface area contributed by atoms with Crippen LogP contribution in [0, 0.1) is 0 Å². The predicted molar refractivity (Wildman–Crippen MR) is 114 cm³/mol. The molecule has 2 N–H and O–H groups in total. The van der Waals surface area contributed by atoms with Crippen LogP contribution in [0.25, 0.3) is 0 Å². The molecular weight excluding hydrogens is 413 g/mol. The molecule has 29 heavy (non-hydrogen) atoms. The molecule has 3 rings (SSSR count). The number of benzene rings is 2. The molecule has 1 atom stereocenters. The van der Waals surface area contributed by atoms with Gasteiger partial charge in [-0.1, -0.05) is 29.3 Å². The van der Waals surface area contributed by atoms with Crippen LogP contribution in [0.1, 0.15) is 17.3 Å². The average molecular weight is 430 g/mol. The van der Waals surface area contributed by atoms with Gasteiger partial charge in [-0.2, -0.15) is 0 Å². The average Bonchev–Trinajstić information content (AvgIpc) is 2.71. The number of halogens is 2. The molecule has 0 aliphatic rings. The lowest BCUT2D eigenvalue weighted by Crippen LogP contribution is -2.30. The van der Waals surface area contributed by atoms with Gasteiger partial charge in [0.25, 0.3) is 11.8 Å². The molecule has 2 aromatic carbocycles. The number of rotatable bonds is 6. The summed E-state index contributed by atoms with van der Waals surface area (Å²) in [7, 11) is 0. The number of ether oxygens (including phenoxy) is 1. The van der Waals surface area contributed by atoms with E-state index in [9.17, 15) is 9.59 Å². The molecule has 0 saturated heterocycles. The summed E-state index contributed by atoms with van der Waals surface area (Å²) < 4.78 is 5.61. The van der Waals surface area contributed by atoms with E-state index < -0.39 is 6.10 Å². The predicted octanol–water partition coefficient (Wildman–Crippen LogP) is 5.05. The number of amides is 2. The summed E-state index contributed by atoms with van der Waals surface area (Å²) in [6, 6.07) is 14.8. The van der Waals surface area contributed by atoms with Crippen molar-refractivity contribution in [2.45, 2.75) is 13.0 Å². The van der Waals surface area contributed by atoms with Crippen molar-refractivity contribution in [3.05, 3.63) is 82.6 Å². The van der Waals surface area contributed by atoms with Crippen LogP contribution in [-0.2, 0) is 4.79 Å². The van der Waals surface area contributed by atoms with Crippen molar-refractivity contribution < 1.29 is 14.3 Å². The van der Waals surface area contributed by atoms with Gasteiger partial charge < -0.3 is 15.4 Å². The molecule has 3 aromatic rings. The Morgan fingerprint density at radius 2 is 1.62 bits per heavy atom. The Labute approximate surface area is 177 Å². The summed E-state index contributed by atoms with van der Waals surface area (Å²) in [5.74, 6) is -0.193. The second kappa shape index (κ2) is 9.41. The molecule has 0 aliphatic heterocycles. The lowest BCUT2D eigenvalue weighted by Gasteiger charge is -2.15. The first-order valence-corrected chi connectivity index (χ1v) is 9.42. The Kier molecular flexibility index (Phi) is 6.69. The SMILES string of the molecule is C[C@H](Oc1ccc(Cl)c(Cl)c1)C(=O)Nc1cccc(NC(=O)c2ccncc2)c1. The third-order valence-corrected chi connectivity index (χ3v) is 4.64. The van der Waals surface area contributed by atoms with Crippen molar-refractivity contribution in [2.75, 3.05) is 10.6 Å². The standard InChI is InChI=1S/C21H17Cl2N3O3/c1-13(29-17-5-6-18(22)19(23)12-17)20(27)25-15-3-2-4-16(11-15)26-21(28)14-7-9-24-10-8-14/h2-13H,1H3,(H,25,27)(H,26,28)/t13-/m0/s1. The van der Waals surface area contributed by atoms with Crippen molar-refractivity contribution in [3.8, 4) is 5.75 Å². The number of carbonyl (C=O) groups is 2. The Morgan fingerprint density at radius 1 is 0.931 bits per heavy atom. The Morgan fingerprint density at radius 3 is 2.31 bits per heavy atom. The van der Waals surface area contributed by atoms with Gasteiger partial charge in [0.1, 0.15) is 5.75 Å². The molecule has 0 saturated carbocycles. The smallest absolute Gasteiger partial charge is 0.265 e. The number of aromatic nitrogens is 1. The van der Waals surface area contributed by atoms with Gasteiger partial charge in [-0.3, -0.25) is 14.6 Å². The van der Waals surface area contributed by atoms with Crippen LogP contribution < -0.4 is 15.4 Å². The fraction of sp³-hybridized carbons (Fsp3) is 0.0952. The van der Waals surface area contributed by atoms with E-state index in [1.54, 1.807) is 73.9 Å². The van der Waals surface area contributed by atoms with E-state index in [4.69, 9.17) is 27.9 Å². The van der Waals surface area contributed by atoms with Crippen LogP contribution in [0.15, 0.2) is 67.0 Å². The first kappa shape index (κ1) is 20.6. The van der Waals surface area contributed by atoms with Crippen LogP contribution in [-0.4, -0.2) is 22.9 Å². The van der Waals surface area contributed by atoms with Crippen LogP contribution >= 0.6 is 23.2 Å². The van der Waals surface area contributed by atoms with Crippen molar-refractivity contribution in [2.24, 2.45) is 0 Å². The quantitative estimate of drug-likeness (QED) is 0.574. The van der Waals surface area contributed by atoms with Gasteiger partial charge in [-0.25, -0.2) is 0 Å². The summed E-state index contributed by atoms with van der Waals surface area (Å²) in [6.45, 7) is 1.62. The number of pyridine rings is 1. The summed E-state index contributed by atoms with van der Waals surface area (Å²) in [5.41, 5.74) is 1.55. The fourth-order valence-corrected chi connectivity index (χ4v) is 2.72. The van der Waals surface area contributed by atoms with Gasteiger partial charge in [0, 0.05) is 35.4 Å². The van der Waals surface area contributed by atoms with Crippen LogP contribution in [0.2, 0.25) is 10.0 Å². The zero-order valence-electron chi connectivity index (χ0n) is 15.4. The zero-order chi connectivity index (χ0) is 20.8. The highest BCUT2D eigenvalue weighted by atomic mass is 35.5. The normalized spacial score (nSPS) is 11.4. The third-order valence-electron chi connectivity index (χ3n) is 3.90. The molecule has 148 valence electrons. The van der Waals surface area contributed by atoms with E-state index in [0.717, 1.165) is 0 Å². The molecule has 0 bridgehead atoms. The Balaban J connectivity index is 1.62. The largest absolute Gasteiger partial charge is 0.481 e. The summed E-state index contributed by atoms with van der Waals surface area (Å²) in [5, 5.41) is 6.28. The highest BCUT2D eigenvalue weighted by Gasteiger charge is 2.16. The molecule has 1 aromatic heterocycles. The summed E-state index contributed by atoms with van der Waals surface area (Å²) in [6.07, 6.45) is 2.31. The minimum Gasteiger partial charge on any atom is -0.481 e. The second-order valence-corrected chi connectivity index (χ2v) is 6.91. The Hall–Kier alpha value is -3.09. The lowest BCUT2D eigenvalue weighted by molar-refractivity contribution is -0.122. The molecule has 2 amide bonds. The molecule has 1 heterocycles. The minimum absolute atomic E-state index is 0.271. The molecule has 6 nitrogen and oxygen atoms in total. The fourth-order valence-electron chi connectivity index (χ4n) is 2.43. The monoisotopic (exact) mass is 429 g/mol. The number of nitrogens with one attached hydrogen (secondary N) is 2. The van der Waals surface area contributed by atoms with Crippen LogP contribution in [0.4, 0.5) is 11.4 Å². The molecular formula is C21H17Cl2N3O3. The van der Waals surface area contributed by atoms with Gasteiger partial charge >= 0.3 is 0 Å². The van der Waals surface area contributed by atoms with Crippen molar-refractivity contribution in [1.82, 2.24) is 4.98 Å². The van der Waals surface area contributed by atoms with Crippen LogP contribution in [0.5, 0.6) is 5.75 Å². The maximum atomic E-state index is 12.4. The van der Waals surface area contributed by atoms with E-state index in [0.29, 0.717) is 32.7 Å². The van der Waals surface area contributed by atoms with Crippen molar-refractivity contribution >= 4 is 46.4 Å². The number of hydrogen-bond acceptors (Lipinski definition) is 4. The topological polar surface area (TPSA) is 80.3 Å². The first-order valence-electron chi connectivity index (χ1n) is 8.66. The van der Waals surface area contributed by atoms with E-state index in [2.05, 4.69) is 15.6 Å². The highest BCUT2D eigenvalue weighted by Crippen LogP contribution is 2.27. The lowest BCUT2D eigenvalue weighted by atomic mass is 10.2. The zero-order valence-corrected chi connectivity index (χ0v) is 16.9. The number of nitrogens with zero attached hydrogens (tertiary/aromatic N) is 1. The van der Waals surface area contributed by atoms with E-state index >= 15 is 0 Å². The van der Waals surface area contributed by atoms with E-state index in [1.807, 2.05) is 0 Å². The molecule has 0 aliphatic carbocycles. The summed E-state index contributed by atoms with van der Waals surface area (Å²) >= 11 is 11.8. The first-order chi connectivity index (χ1) is 13.9. The third kappa shape index (κ3) is 5.70. The highest BCUT2D eigenvalue weighted by molar-refractivity contribution is 6.42. The molecule has 0 fully saturated rings. The van der Waals surface area contributed by atoms with E-state index in [-0.39, 0.29) is 11.8 Å². The number of anilines is 2. The minimum atomic E-state index is -0.776. The van der Waals surface area contributed by atoms with Crippen molar-refractivity contribution in [1.29, 1.82) is 0 Å². The summed E-state index contributed by atoms with van der Waals surface area (Å²) in [4.78, 5) is 28.6. The van der Waals surface area contributed by atoms with Crippen molar-refractivity contribution in [3.63, 3.8) is 0 Å². The second-order valence-electron chi connectivity index (χ2n) is 6.10. The Bertz CT molecular complexity index is 1030. The van der Waals surface area contributed by atoms with Gasteiger partial charge in [0.2, 0.25) is 0 Å². The molecule has 0 spiro atoms.